The smallest absolute Gasteiger partial charge is 0.419 e. The van der Waals surface area contributed by atoms with Crippen LogP contribution in [0.2, 0.25) is 0 Å². The average Bonchev–Trinajstić information content (AvgIpc) is 2.70. The fourth-order valence-corrected chi connectivity index (χ4v) is 3.56. The van der Waals surface area contributed by atoms with Crippen molar-refractivity contribution in [3.63, 3.8) is 0 Å². The number of hydrogen-bond acceptors (Lipinski definition) is 5. The molecule has 0 aliphatic carbocycles. The van der Waals surface area contributed by atoms with Crippen molar-refractivity contribution in [2.45, 2.75) is 31.5 Å². The number of hydrogen-bond donors (Lipinski definition) is 1. The molecule has 1 aliphatic rings. The Kier molecular flexibility index (Phi) is 7.97. The van der Waals surface area contributed by atoms with Gasteiger partial charge in [0, 0.05) is 12.0 Å². The topological polar surface area (TPSA) is 72.8 Å². The normalized spacial score (nSPS) is 16.5. The molecule has 0 unspecified atom stereocenters. The van der Waals surface area contributed by atoms with Crippen LogP contribution in [-0.2, 0) is 20.5 Å². The van der Waals surface area contributed by atoms with Gasteiger partial charge >= 0.3 is 12.1 Å². The first kappa shape index (κ1) is 22.3. The van der Waals surface area contributed by atoms with Gasteiger partial charge in [-0.25, -0.2) is 9.78 Å². The van der Waals surface area contributed by atoms with Crippen molar-refractivity contribution in [1.29, 1.82) is 0 Å². The summed E-state index contributed by atoms with van der Waals surface area (Å²) in [7, 11) is 1.29. The molecule has 2 N–H and O–H groups in total. The molecule has 1 aromatic heterocycles. The molecular weight excluding hydrogens is 395 g/mol. The third-order valence-electron chi connectivity index (χ3n) is 4.74. The van der Waals surface area contributed by atoms with Crippen molar-refractivity contribution in [1.82, 2.24) is 5.32 Å². The minimum Gasteiger partial charge on any atom is -0.467 e. The minimum absolute atomic E-state index is 0.187. The SMILES string of the molecule is COC(=O)[C@@H](CCSC)NC(=O)C1CCN(c2ccc(C(F)(F)F)c[nH+]2)CC1. The summed E-state index contributed by atoms with van der Waals surface area (Å²) in [6.45, 7) is 1.07. The number of esters is 1. The Bertz CT molecular complexity index is 662. The summed E-state index contributed by atoms with van der Waals surface area (Å²) < 4.78 is 42.7. The molecule has 10 heteroatoms. The van der Waals surface area contributed by atoms with Crippen LogP contribution in [0.3, 0.4) is 0 Å². The maximum atomic E-state index is 12.7. The van der Waals surface area contributed by atoms with Gasteiger partial charge in [-0.2, -0.15) is 24.9 Å². The average molecular weight is 420 g/mol. The van der Waals surface area contributed by atoms with E-state index in [1.165, 1.54) is 13.2 Å². The maximum absolute atomic E-state index is 12.7. The van der Waals surface area contributed by atoms with Crippen LogP contribution in [0.15, 0.2) is 18.3 Å². The number of alkyl halides is 3. The van der Waals surface area contributed by atoms with Gasteiger partial charge in [-0.1, -0.05) is 0 Å². The first-order chi connectivity index (χ1) is 13.3. The van der Waals surface area contributed by atoms with Crippen LogP contribution in [0.4, 0.5) is 19.0 Å². The molecule has 0 saturated carbocycles. The second-order valence-corrected chi connectivity index (χ2v) is 7.57. The van der Waals surface area contributed by atoms with Gasteiger partial charge in [0.2, 0.25) is 5.91 Å². The van der Waals surface area contributed by atoms with Crippen LogP contribution in [-0.4, -0.2) is 50.1 Å². The number of anilines is 1. The molecule has 1 amide bonds. The number of piperidine rings is 1. The molecule has 0 spiro atoms. The number of halogens is 3. The summed E-state index contributed by atoms with van der Waals surface area (Å²) in [6, 6.07) is 1.78. The quantitative estimate of drug-likeness (QED) is 0.685. The Morgan fingerprint density at radius 2 is 2.04 bits per heavy atom. The number of rotatable bonds is 7. The first-order valence-electron chi connectivity index (χ1n) is 8.97. The van der Waals surface area contributed by atoms with Gasteiger partial charge in [-0.15, -0.1) is 0 Å². The van der Waals surface area contributed by atoms with Crippen LogP contribution < -0.4 is 15.2 Å². The number of methoxy groups -OCH3 is 1. The molecule has 1 aromatic rings. The zero-order valence-electron chi connectivity index (χ0n) is 15.8. The molecule has 0 radical (unpaired) electrons. The van der Waals surface area contributed by atoms with Gasteiger partial charge in [0.1, 0.15) is 12.2 Å². The summed E-state index contributed by atoms with van der Waals surface area (Å²) in [5.74, 6) is 0.417. The van der Waals surface area contributed by atoms with E-state index in [1.54, 1.807) is 11.8 Å². The van der Waals surface area contributed by atoms with Gasteiger partial charge in [0.05, 0.1) is 25.8 Å². The van der Waals surface area contributed by atoms with Crippen LogP contribution >= 0.6 is 11.8 Å². The molecule has 1 atom stereocenters. The van der Waals surface area contributed by atoms with E-state index in [0.717, 1.165) is 18.0 Å². The van der Waals surface area contributed by atoms with E-state index >= 15 is 0 Å². The highest BCUT2D eigenvalue weighted by Crippen LogP contribution is 2.29. The Morgan fingerprint density at radius 3 is 2.54 bits per heavy atom. The third-order valence-corrected chi connectivity index (χ3v) is 5.39. The van der Waals surface area contributed by atoms with Crippen LogP contribution in [0.25, 0.3) is 0 Å². The van der Waals surface area contributed by atoms with Crippen molar-refractivity contribution >= 4 is 29.5 Å². The Morgan fingerprint density at radius 1 is 1.36 bits per heavy atom. The molecule has 156 valence electrons. The molecule has 1 aliphatic heterocycles. The summed E-state index contributed by atoms with van der Waals surface area (Å²) in [6.07, 6.45) is 0.0880. The predicted molar refractivity (Wildman–Crippen MR) is 99.9 cm³/mol. The molecule has 1 saturated heterocycles. The molecule has 0 bridgehead atoms. The van der Waals surface area contributed by atoms with Crippen molar-refractivity contribution in [3.05, 3.63) is 23.9 Å². The van der Waals surface area contributed by atoms with Gasteiger partial charge in [0.15, 0.2) is 0 Å². The molecular formula is C18H25F3N3O3S+. The minimum atomic E-state index is -4.38. The van der Waals surface area contributed by atoms with Gasteiger partial charge < -0.3 is 10.1 Å². The number of thioether (sulfide) groups is 1. The van der Waals surface area contributed by atoms with Crippen LogP contribution in [0, 0.1) is 5.92 Å². The number of carbonyl (C=O) groups is 2. The summed E-state index contributed by atoms with van der Waals surface area (Å²) in [4.78, 5) is 28.9. The molecule has 6 nitrogen and oxygen atoms in total. The lowest BCUT2D eigenvalue weighted by Gasteiger charge is -2.28. The number of pyridine rings is 1. The lowest BCUT2D eigenvalue weighted by Crippen LogP contribution is -2.47. The van der Waals surface area contributed by atoms with Gasteiger partial charge in [-0.3, -0.25) is 9.69 Å². The molecule has 1 fully saturated rings. The zero-order chi connectivity index (χ0) is 20.7. The highest BCUT2D eigenvalue weighted by atomic mass is 32.2. The Balaban J connectivity index is 1.90. The largest absolute Gasteiger partial charge is 0.467 e. The lowest BCUT2D eigenvalue weighted by molar-refractivity contribution is -0.367. The number of amides is 1. The molecule has 2 heterocycles. The number of nitrogens with zero attached hydrogens (tertiary/aromatic N) is 1. The predicted octanol–water partition coefficient (Wildman–Crippen LogP) is 2.15. The van der Waals surface area contributed by atoms with E-state index in [-0.39, 0.29) is 11.8 Å². The van der Waals surface area contributed by atoms with E-state index in [1.807, 2.05) is 11.2 Å². The number of carbonyl (C=O) groups excluding carboxylic acids is 2. The fourth-order valence-electron chi connectivity index (χ4n) is 3.09. The number of nitrogens with one attached hydrogen (secondary N) is 2. The summed E-state index contributed by atoms with van der Waals surface area (Å²) in [5, 5.41) is 2.77. The zero-order valence-corrected chi connectivity index (χ0v) is 16.7. The van der Waals surface area contributed by atoms with E-state index in [4.69, 9.17) is 4.74 Å². The second-order valence-electron chi connectivity index (χ2n) is 6.59. The van der Waals surface area contributed by atoms with Crippen molar-refractivity contribution < 1.29 is 32.5 Å². The van der Waals surface area contributed by atoms with Crippen molar-refractivity contribution in [2.75, 3.05) is 37.1 Å². The van der Waals surface area contributed by atoms with E-state index in [9.17, 15) is 22.8 Å². The monoisotopic (exact) mass is 420 g/mol. The van der Waals surface area contributed by atoms with Crippen LogP contribution in [0.1, 0.15) is 24.8 Å². The van der Waals surface area contributed by atoms with Crippen molar-refractivity contribution in [2.24, 2.45) is 5.92 Å². The number of H-pyrrole nitrogens is 1. The van der Waals surface area contributed by atoms with Gasteiger partial charge in [0.25, 0.3) is 5.82 Å². The highest BCUT2D eigenvalue weighted by molar-refractivity contribution is 7.98. The number of aromatic nitrogens is 1. The number of ether oxygens (including phenoxy) is 1. The second kappa shape index (κ2) is 9.99. The first-order valence-corrected chi connectivity index (χ1v) is 10.4. The number of aromatic amines is 1. The van der Waals surface area contributed by atoms with E-state index in [2.05, 4.69) is 10.3 Å². The lowest BCUT2D eigenvalue weighted by atomic mass is 9.95. The van der Waals surface area contributed by atoms with Gasteiger partial charge in [-0.05, 0) is 37.3 Å². The summed E-state index contributed by atoms with van der Waals surface area (Å²) in [5.41, 5.74) is -0.732. The van der Waals surface area contributed by atoms with Crippen molar-refractivity contribution in [3.8, 4) is 0 Å². The van der Waals surface area contributed by atoms with E-state index < -0.39 is 23.8 Å². The fraction of sp³-hybridized carbons (Fsp3) is 0.611. The maximum Gasteiger partial charge on any atom is 0.419 e. The summed E-state index contributed by atoms with van der Waals surface area (Å²) >= 11 is 1.58. The molecule has 0 aromatic carbocycles. The van der Waals surface area contributed by atoms with E-state index in [0.29, 0.717) is 38.2 Å². The molecule has 28 heavy (non-hydrogen) atoms. The third kappa shape index (κ3) is 6.02. The Labute approximate surface area is 166 Å². The Hall–Kier alpha value is -1.97. The highest BCUT2D eigenvalue weighted by Gasteiger charge is 2.34. The molecule has 2 rings (SSSR count). The standard InChI is InChI=1S/C18H24F3N3O3S/c1-27-17(26)14(7-10-28-2)23-16(25)12-5-8-24(9-6-12)15-4-3-13(11-22-15)18(19,20)21/h3-4,11-12,14H,5-10H2,1-2H3,(H,23,25)/p+1/t14-/m1/s1. The van der Waals surface area contributed by atoms with Crippen LogP contribution in [0.5, 0.6) is 0 Å².